The summed E-state index contributed by atoms with van der Waals surface area (Å²) in [5.41, 5.74) is -0.184. The summed E-state index contributed by atoms with van der Waals surface area (Å²) >= 11 is 0. The Morgan fingerprint density at radius 1 is 1.35 bits per heavy atom. The molecule has 0 spiro atoms. The first kappa shape index (κ1) is 14.1. The largest absolute Gasteiger partial charge is 0.338 e. The van der Waals surface area contributed by atoms with Gasteiger partial charge in [0.1, 0.15) is 0 Å². The summed E-state index contributed by atoms with van der Waals surface area (Å²) in [4.78, 5) is 13.6. The molecule has 20 heavy (non-hydrogen) atoms. The number of aryl methyl sites for hydroxylation is 1. The Hall–Kier alpha value is -2.33. The summed E-state index contributed by atoms with van der Waals surface area (Å²) in [6, 6.07) is 4.54. The number of rotatable bonds is 5. The maximum Gasteiger partial charge on any atom is 0.269 e. The summed E-state index contributed by atoms with van der Waals surface area (Å²) < 4.78 is 30.9. The lowest BCUT2D eigenvalue weighted by molar-refractivity contribution is -0.384. The fourth-order valence-electron chi connectivity index (χ4n) is 1.40. The van der Waals surface area contributed by atoms with Crippen molar-refractivity contribution >= 4 is 15.7 Å². The third kappa shape index (κ3) is 3.16. The van der Waals surface area contributed by atoms with Crippen LogP contribution >= 0.6 is 0 Å². The van der Waals surface area contributed by atoms with E-state index in [-0.39, 0.29) is 23.0 Å². The number of nitro groups is 1. The highest BCUT2D eigenvalue weighted by molar-refractivity contribution is 7.89. The van der Waals surface area contributed by atoms with Gasteiger partial charge in [-0.3, -0.25) is 10.1 Å². The summed E-state index contributed by atoms with van der Waals surface area (Å²) in [6.45, 7) is 1.46. The molecule has 10 heteroatoms. The van der Waals surface area contributed by atoms with Gasteiger partial charge in [-0.2, -0.15) is 4.98 Å². The number of nitro benzene ring substituents is 1. The minimum absolute atomic E-state index is 0.0839. The number of non-ortho nitro benzene ring substituents is 1. The average molecular weight is 298 g/mol. The minimum atomic E-state index is -3.79. The second-order valence-electron chi connectivity index (χ2n) is 3.81. The van der Waals surface area contributed by atoms with E-state index >= 15 is 0 Å². The molecule has 0 saturated heterocycles. The second kappa shape index (κ2) is 5.35. The van der Waals surface area contributed by atoms with E-state index in [1.54, 1.807) is 6.92 Å². The minimum Gasteiger partial charge on any atom is -0.338 e. The molecule has 106 valence electrons. The molecule has 2 aromatic rings. The van der Waals surface area contributed by atoms with E-state index in [0.717, 1.165) is 24.3 Å². The second-order valence-corrected chi connectivity index (χ2v) is 5.58. The zero-order valence-electron chi connectivity index (χ0n) is 10.3. The molecule has 9 nitrogen and oxygen atoms in total. The van der Waals surface area contributed by atoms with Crippen LogP contribution in [0.1, 0.15) is 11.7 Å². The van der Waals surface area contributed by atoms with Crippen molar-refractivity contribution in [2.24, 2.45) is 0 Å². The van der Waals surface area contributed by atoms with Crippen LogP contribution in [0.15, 0.2) is 33.7 Å². The van der Waals surface area contributed by atoms with Crippen molar-refractivity contribution in [3.8, 4) is 0 Å². The van der Waals surface area contributed by atoms with Gasteiger partial charge in [0, 0.05) is 12.1 Å². The van der Waals surface area contributed by atoms with Crippen LogP contribution in [0.4, 0.5) is 5.69 Å². The van der Waals surface area contributed by atoms with Crippen LogP contribution in [-0.4, -0.2) is 23.5 Å². The van der Waals surface area contributed by atoms with Gasteiger partial charge in [-0.15, -0.1) is 0 Å². The van der Waals surface area contributed by atoms with Gasteiger partial charge in [0.2, 0.25) is 15.9 Å². The molecule has 0 aliphatic heterocycles. The summed E-state index contributed by atoms with van der Waals surface area (Å²) in [7, 11) is -3.79. The molecular weight excluding hydrogens is 288 g/mol. The summed E-state index contributed by atoms with van der Waals surface area (Å²) in [5.74, 6) is 0.530. The zero-order chi connectivity index (χ0) is 14.8. The standard InChI is InChI=1S/C10H10N4O5S/c1-7-12-10(19-13-7)6-11-20(17,18)9-4-2-8(3-5-9)14(15)16/h2-5,11H,6H2,1H3. The molecule has 0 fully saturated rings. The monoisotopic (exact) mass is 298 g/mol. The van der Waals surface area contributed by atoms with Gasteiger partial charge in [-0.1, -0.05) is 5.16 Å². The fourth-order valence-corrected chi connectivity index (χ4v) is 2.37. The van der Waals surface area contributed by atoms with E-state index in [1.807, 2.05) is 0 Å². The van der Waals surface area contributed by atoms with E-state index in [0.29, 0.717) is 5.82 Å². The summed E-state index contributed by atoms with van der Waals surface area (Å²) in [6.07, 6.45) is 0. The van der Waals surface area contributed by atoms with Crippen LogP contribution in [0.25, 0.3) is 0 Å². The van der Waals surface area contributed by atoms with E-state index in [4.69, 9.17) is 4.52 Å². The molecule has 0 unspecified atom stereocenters. The van der Waals surface area contributed by atoms with Crippen LogP contribution in [0, 0.1) is 17.0 Å². The lowest BCUT2D eigenvalue weighted by Crippen LogP contribution is -2.23. The molecule has 0 radical (unpaired) electrons. The lowest BCUT2D eigenvalue weighted by atomic mass is 10.3. The number of nitrogens with zero attached hydrogens (tertiary/aromatic N) is 3. The number of nitrogens with one attached hydrogen (secondary N) is 1. The predicted octanol–water partition coefficient (Wildman–Crippen LogP) is 0.765. The SMILES string of the molecule is Cc1noc(CNS(=O)(=O)c2ccc([N+](=O)[O-])cc2)n1. The molecular formula is C10H10N4O5S. The Morgan fingerprint density at radius 2 is 2.00 bits per heavy atom. The van der Waals surface area contributed by atoms with Crippen molar-refractivity contribution in [1.29, 1.82) is 0 Å². The zero-order valence-corrected chi connectivity index (χ0v) is 11.1. The predicted molar refractivity (Wildman–Crippen MR) is 66.2 cm³/mol. The first-order valence-electron chi connectivity index (χ1n) is 5.42. The lowest BCUT2D eigenvalue weighted by Gasteiger charge is -2.04. The normalized spacial score (nSPS) is 11.4. The van der Waals surface area contributed by atoms with Crippen molar-refractivity contribution < 1.29 is 17.9 Å². The molecule has 0 amide bonds. The molecule has 0 saturated carbocycles. The molecule has 1 heterocycles. The van der Waals surface area contributed by atoms with Crippen LogP contribution < -0.4 is 4.72 Å². The Bertz CT molecular complexity index is 722. The number of benzene rings is 1. The molecule has 0 aliphatic rings. The van der Waals surface area contributed by atoms with Crippen LogP contribution in [0.3, 0.4) is 0 Å². The van der Waals surface area contributed by atoms with Gasteiger partial charge < -0.3 is 4.52 Å². The highest BCUT2D eigenvalue weighted by Crippen LogP contribution is 2.15. The average Bonchev–Trinajstić information content (AvgIpc) is 2.82. The quantitative estimate of drug-likeness (QED) is 0.637. The number of hydrogen-bond donors (Lipinski definition) is 1. The Morgan fingerprint density at radius 3 is 2.50 bits per heavy atom. The molecule has 1 aromatic carbocycles. The van der Waals surface area contributed by atoms with Gasteiger partial charge in [-0.25, -0.2) is 13.1 Å². The maximum absolute atomic E-state index is 11.9. The van der Waals surface area contributed by atoms with Gasteiger partial charge in [-0.05, 0) is 19.1 Å². The van der Waals surface area contributed by atoms with Gasteiger partial charge in [0.25, 0.3) is 5.69 Å². The smallest absolute Gasteiger partial charge is 0.269 e. The Balaban J connectivity index is 2.11. The van der Waals surface area contributed by atoms with Crippen LogP contribution in [0.2, 0.25) is 0 Å². The highest BCUT2D eigenvalue weighted by Gasteiger charge is 2.16. The molecule has 1 aromatic heterocycles. The first-order chi connectivity index (χ1) is 9.38. The molecule has 0 atom stereocenters. The van der Waals surface area contributed by atoms with Gasteiger partial charge >= 0.3 is 0 Å². The Kier molecular flexibility index (Phi) is 3.77. The topological polar surface area (TPSA) is 128 Å². The van der Waals surface area contributed by atoms with Crippen molar-refractivity contribution in [1.82, 2.24) is 14.9 Å². The third-order valence-corrected chi connectivity index (χ3v) is 3.76. The number of aromatic nitrogens is 2. The van der Waals surface area contributed by atoms with Crippen molar-refractivity contribution in [2.75, 3.05) is 0 Å². The van der Waals surface area contributed by atoms with Crippen LogP contribution in [-0.2, 0) is 16.6 Å². The van der Waals surface area contributed by atoms with Crippen molar-refractivity contribution in [3.63, 3.8) is 0 Å². The van der Waals surface area contributed by atoms with E-state index in [2.05, 4.69) is 14.9 Å². The van der Waals surface area contributed by atoms with Crippen molar-refractivity contribution in [3.05, 3.63) is 46.1 Å². The number of sulfonamides is 1. The molecule has 1 N–H and O–H groups in total. The Labute approximate surface area is 113 Å². The molecule has 0 bridgehead atoms. The van der Waals surface area contributed by atoms with Gasteiger partial charge in [0.05, 0.1) is 16.4 Å². The van der Waals surface area contributed by atoms with Crippen LogP contribution in [0.5, 0.6) is 0 Å². The molecule has 2 rings (SSSR count). The summed E-state index contributed by atoms with van der Waals surface area (Å²) in [5, 5.41) is 14.0. The van der Waals surface area contributed by atoms with Gasteiger partial charge in [0.15, 0.2) is 5.82 Å². The first-order valence-corrected chi connectivity index (χ1v) is 6.90. The van der Waals surface area contributed by atoms with E-state index in [1.165, 1.54) is 0 Å². The van der Waals surface area contributed by atoms with E-state index in [9.17, 15) is 18.5 Å². The fraction of sp³-hybridized carbons (Fsp3) is 0.200. The highest BCUT2D eigenvalue weighted by atomic mass is 32.2. The molecule has 0 aliphatic carbocycles. The number of hydrogen-bond acceptors (Lipinski definition) is 7. The van der Waals surface area contributed by atoms with Crippen molar-refractivity contribution in [2.45, 2.75) is 18.4 Å². The maximum atomic E-state index is 11.9. The third-order valence-electron chi connectivity index (χ3n) is 2.34. The van der Waals surface area contributed by atoms with E-state index < -0.39 is 14.9 Å².